The fraction of sp³-hybridized carbons (Fsp3) is 0.974. The van der Waals surface area contributed by atoms with Gasteiger partial charge in [0.25, 0.3) is 0 Å². The summed E-state index contributed by atoms with van der Waals surface area (Å²) in [5.74, 6) is 2.01. The number of hydrogen-bond acceptors (Lipinski definition) is 7. The molecular formula is C39H65NO7. The van der Waals surface area contributed by atoms with E-state index in [1.807, 2.05) is 25.7 Å². The Morgan fingerprint density at radius 2 is 1.66 bits per heavy atom. The number of hydrogen-bond donors (Lipinski definition) is 1. The van der Waals surface area contributed by atoms with Crippen LogP contribution < -0.4 is 0 Å². The van der Waals surface area contributed by atoms with Crippen molar-refractivity contribution in [2.75, 3.05) is 39.5 Å². The molecule has 2 spiro atoms. The number of ether oxygens (including phenoxy) is 5. The summed E-state index contributed by atoms with van der Waals surface area (Å²) in [6.07, 6.45) is 8.53. The topological polar surface area (TPSA) is 86.7 Å². The van der Waals surface area contributed by atoms with Gasteiger partial charge in [-0.3, -0.25) is 0 Å². The van der Waals surface area contributed by atoms with Crippen LogP contribution in [0.5, 0.6) is 0 Å². The molecular weight excluding hydrogens is 594 g/mol. The van der Waals surface area contributed by atoms with Crippen molar-refractivity contribution in [2.45, 2.75) is 150 Å². The lowest BCUT2D eigenvalue weighted by Gasteiger charge is -2.64. The average Bonchev–Trinajstić information content (AvgIpc) is 3.64. The third-order valence-corrected chi connectivity index (χ3v) is 16.0. The third-order valence-electron chi connectivity index (χ3n) is 16.0. The standard InChI is InChI=1S/C39H65NO7/c1-10-44-31(35(6,7)42)25-22-24(3)29-30(46-25)32(45-11-2)37(9)27-13-12-26-34(4,5)28(47-33(41)40-18-20-43-21-19-40)14-15-38(26)23-39(27,38)17-16-36(29,37)8/h24-32,42H,10-23H2,1-9H3/t24-,25?,26+,27?,28?,29?,30?,31+,32+,36-,37-,38-,39+/m1/s1. The molecule has 5 unspecified atom stereocenters. The van der Waals surface area contributed by atoms with Gasteiger partial charge in [-0.2, -0.15) is 0 Å². The molecule has 7 rings (SSSR count). The van der Waals surface area contributed by atoms with Gasteiger partial charge < -0.3 is 33.7 Å². The molecule has 5 aliphatic carbocycles. The van der Waals surface area contributed by atoms with Crippen LogP contribution in [0.15, 0.2) is 0 Å². The van der Waals surface area contributed by atoms with Crippen molar-refractivity contribution >= 4 is 6.09 Å². The number of nitrogens with zero attached hydrogens (tertiary/aromatic N) is 1. The van der Waals surface area contributed by atoms with E-state index in [4.69, 9.17) is 23.7 Å². The first kappa shape index (κ1) is 34.5. The molecule has 8 nitrogen and oxygen atoms in total. The lowest BCUT2D eigenvalue weighted by Crippen LogP contribution is -2.60. The smallest absolute Gasteiger partial charge is 0.410 e. The molecule has 0 aromatic rings. The predicted molar refractivity (Wildman–Crippen MR) is 180 cm³/mol. The van der Waals surface area contributed by atoms with Crippen molar-refractivity contribution in [3.63, 3.8) is 0 Å². The van der Waals surface area contributed by atoms with Crippen LogP contribution in [-0.2, 0) is 23.7 Å². The van der Waals surface area contributed by atoms with E-state index in [9.17, 15) is 9.90 Å². The quantitative estimate of drug-likeness (QED) is 0.320. The van der Waals surface area contributed by atoms with E-state index in [1.54, 1.807) is 0 Å². The van der Waals surface area contributed by atoms with Crippen LogP contribution in [0.2, 0.25) is 0 Å². The van der Waals surface area contributed by atoms with Crippen molar-refractivity contribution in [3.05, 3.63) is 0 Å². The Morgan fingerprint density at radius 3 is 2.32 bits per heavy atom. The van der Waals surface area contributed by atoms with Crippen molar-refractivity contribution < 1.29 is 33.6 Å². The van der Waals surface area contributed by atoms with E-state index < -0.39 is 5.60 Å². The Balaban J connectivity index is 1.17. The molecule has 0 bridgehead atoms. The molecule has 2 heterocycles. The van der Waals surface area contributed by atoms with Crippen LogP contribution >= 0.6 is 0 Å². The van der Waals surface area contributed by atoms with E-state index in [2.05, 4.69) is 41.5 Å². The highest BCUT2D eigenvalue weighted by Crippen LogP contribution is 2.89. The summed E-state index contributed by atoms with van der Waals surface area (Å²) in [7, 11) is 0. The summed E-state index contributed by atoms with van der Waals surface area (Å²) in [6.45, 7) is 24.0. The Kier molecular flexibility index (Phi) is 8.48. The van der Waals surface area contributed by atoms with Gasteiger partial charge in [-0.1, -0.05) is 34.6 Å². The largest absolute Gasteiger partial charge is 0.446 e. The van der Waals surface area contributed by atoms with Crippen molar-refractivity contribution in [2.24, 2.45) is 50.7 Å². The second-order valence-corrected chi connectivity index (χ2v) is 18.5. The highest BCUT2D eigenvalue weighted by Gasteiger charge is 2.85. The van der Waals surface area contributed by atoms with Gasteiger partial charge in [0.15, 0.2) is 0 Å². The lowest BCUT2D eigenvalue weighted by molar-refractivity contribution is -0.220. The fourth-order valence-corrected chi connectivity index (χ4v) is 14.0. The Morgan fingerprint density at radius 1 is 0.979 bits per heavy atom. The third kappa shape index (κ3) is 4.72. The number of carbonyl (C=O) groups excluding carboxylic acids is 1. The molecule has 1 N–H and O–H groups in total. The van der Waals surface area contributed by atoms with E-state index in [0.717, 1.165) is 19.3 Å². The van der Waals surface area contributed by atoms with Gasteiger partial charge in [0, 0.05) is 37.1 Å². The summed E-state index contributed by atoms with van der Waals surface area (Å²) in [6, 6.07) is 0. The molecule has 47 heavy (non-hydrogen) atoms. The summed E-state index contributed by atoms with van der Waals surface area (Å²) >= 11 is 0. The Bertz CT molecular complexity index is 1200. The number of fused-ring (bicyclic) bond motifs is 4. The van der Waals surface area contributed by atoms with Gasteiger partial charge in [-0.15, -0.1) is 0 Å². The number of morpholine rings is 1. The first-order valence-electron chi connectivity index (χ1n) is 19.3. The van der Waals surface area contributed by atoms with Gasteiger partial charge >= 0.3 is 6.09 Å². The first-order chi connectivity index (χ1) is 22.1. The summed E-state index contributed by atoms with van der Waals surface area (Å²) in [5.41, 5.74) is -0.286. The zero-order valence-corrected chi connectivity index (χ0v) is 30.9. The molecule has 0 radical (unpaired) electrons. The summed E-state index contributed by atoms with van der Waals surface area (Å²) < 4.78 is 32.2. The average molecular weight is 660 g/mol. The molecule has 2 aliphatic heterocycles. The molecule has 5 saturated carbocycles. The van der Waals surface area contributed by atoms with E-state index in [1.165, 1.54) is 32.1 Å². The number of rotatable bonds is 7. The second-order valence-electron chi connectivity index (χ2n) is 18.5. The van der Waals surface area contributed by atoms with Gasteiger partial charge in [0.05, 0.1) is 37.1 Å². The maximum absolute atomic E-state index is 13.2. The molecule has 0 aromatic carbocycles. The Labute approximate surface area is 284 Å². The van der Waals surface area contributed by atoms with Gasteiger partial charge in [-0.05, 0) is 119 Å². The van der Waals surface area contributed by atoms with Gasteiger partial charge in [0.1, 0.15) is 12.2 Å². The van der Waals surface area contributed by atoms with Gasteiger partial charge in [-0.25, -0.2) is 4.79 Å². The maximum atomic E-state index is 13.2. The highest BCUT2D eigenvalue weighted by atomic mass is 16.6. The minimum atomic E-state index is -0.988. The van der Waals surface area contributed by atoms with Crippen LogP contribution in [0.25, 0.3) is 0 Å². The zero-order valence-electron chi connectivity index (χ0n) is 30.9. The lowest BCUT2D eigenvalue weighted by atomic mass is 9.41. The first-order valence-corrected chi connectivity index (χ1v) is 19.3. The summed E-state index contributed by atoms with van der Waals surface area (Å²) in [5, 5.41) is 11.2. The van der Waals surface area contributed by atoms with E-state index >= 15 is 0 Å². The highest BCUT2D eigenvalue weighted by molar-refractivity contribution is 5.68. The van der Waals surface area contributed by atoms with Crippen LogP contribution in [0.1, 0.15) is 114 Å². The number of amides is 1. The molecule has 268 valence electrons. The molecule has 8 heteroatoms. The van der Waals surface area contributed by atoms with Crippen LogP contribution in [0.4, 0.5) is 4.79 Å². The normalized spacial score (nSPS) is 49.1. The van der Waals surface area contributed by atoms with E-state index in [0.29, 0.717) is 74.0 Å². The molecule has 13 atom stereocenters. The van der Waals surface area contributed by atoms with Crippen molar-refractivity contribution in [3.8, 4) is 0 Å². The van der Waals surface area contributed by atoms with Crippen LogP contribution in [-0.4, -0.2) is 91.7 Å². The fourth-order valence-electron chi connectivity index (χ4n) is 14.0. The van der Waals surface area contributed by atoms with Crippen LogP contribution in [0, 0.1) is 50.7 Å². The molecule has 7 aliphatic rings. The van der Waals surface area contributed by atoms with E-state index in [-0.39, 0.29) is 52.9 Å². The monoisotopic (exact) mass is 659 g/mol. The minimum Gasteiger partial charge on any atom is -0.446 e. The van der Waals surface area contributed by atoms with Crippen LogP contribution in [0.3, 0.4) is 0 Å². The summed E-state index contributed by atoms with van der Waals surface area (Å²) in [4.78, 5) is 15.1. The minimum absolute atomic E-state index is 0.00152. The van der Waals surface area contributed by atoms with Crippen molar-refractivity contribution in [1.82, 2.24) is 4.90 Å². The molecule has 1 amide bonds. The molecule has 0 aromatic heterocycles. The predicted octanol–water partition coefficient (Wildman–Crippen LogP) is 6.86. The number of carbonyl (C=O) groups is 1. The number of aliphatic hydroxyl groups is 1. The Hall–Kier alpha value is -0.930. The van der Waals surface area contributed by atoms with Crippen molar-refractivity contribution in [1.29, 1.82) is 0 Å². The SMILES string of the molecule is CCO[C@@H](C1C[C@@H](C)C2C(O1)[C@H](OCC)[C@@]1(C)C3CC[C@H]4C(C)(C)C(OC(=O)N5CCOCC5)CC[C@@]45C[C@@]35CC[C@]21C)C(C)(C)O. The molecule has 7 fully saturated rings. The van der Waals surface area contributed by atoms with Gasteiger partial charge in [0.2, 0.25) is 0 Å². The maximum Gasteiger partial charge on any atom is 0.410 e. The zero-order chi connectivity index (χ0) is 33.8. The molecule has 2 saturated heterocycles. The second kappa shape index (κ2) is 11.5.